The lowest BCUT2D eigenvalue weighted by atomic mass is 9.96. The van der Waals surface area contributed by atoms with Crippen molar-refractivity contribution in [3.63, 3.8) is 0 Å². The smallest absolute Gasteiger partial charge is 0.338 e. The summed E-state index contributed by atoms with van der Waals surface area (Å²) in [6.45, 7) is -0.346. The van der Waals surface area contributed by atoms with Crippen LogP contribution in [0.2, 0.25) is 0 Å². The zero-order valence-electron chi connectivity index (χ0n) is 23.3. The molecular weight excluding hydrogens is 630 g/mol. The van der Waals surface area contributed by atoms with Crippen molar-refractivity contribution in [3.05, 3.63) is 144 Å². The van der Waals surface area contributed by atoms with E-state index in [9.17, 15) is 19.2 Å². The Morgan fingerprint density at radius 2 is 1.00 bits per heavy atom. The molecular formula is C34H28BrNO8. The molecule has 224 valence electrons. The van der Waals surface area contributed by atoms with Crippen LogP contribution in [-0.2, 0) is 18.9 Å². The standard InChI is InChI=1S/C34H28BrNO8/c35-30-27(36-31(37)22-13-5-1-6-14-22)29(44-34(40)25-19-11-4-12-20-25)28(43-33(39)24-17-9-3-10-18-24)26(42-30)21-41-32(38)23-15-7-2-8-16-23/h1-20,26-30H,21H2,(H,36,37)/t26-,27-,28-,29-,30+/m1/s1. The number of nitrogens with one attached hydrogen (secondary N) is 1. The zero-order valence-corrected chi connectivity index (χ0v) is 24.9. The second kappa shape index (κ2) is 14.6. The van der Waals surface area contributed by atoms with Gasteiger partial charge in [-0.15, -0.1) is 0 Å². The number of carbonyl (C=O) groups is 4. The fraction of sp³-hybridized carbons (Fsp3) is 0.176. The molecule has 44 heavy (non-hydrogen) atoms. The summed E-state index contributed by atoms with van der Waals surface area (Å²) in [6, 6.07) is 32.3. The Bertz CT molecular complexity index is 1570. The summed E-state index contributed by atoms with van der Waals surface area (Å²) in [5.41, 5.74) is 1.17. The number of benzene rings is 4. The normalized spacial score (nSPS) is 21.0. The first-order valence-corrected chi connectivity index (χ1v) is 14.7. The van der Waals surface area contributed by atoms with E-state index in [1.807, 2.05) is 0 Å². The number of ether oxygens (including phenoxy) is 4. The van der Waals surface area contributed by atoms with Gasteiger partial charge in [-0.2, -0.15) is 0 Å². The second-order valence-corrected chi connectivity index (χ2v) is 10.7. The number of hydrogen-bond donors (Lipinski definition) is 1. The Balaban J connectivity index is 1.48. The van der Waals surface area contributed by atoms with Crippen molar-refractivity contribution in [2.75, 3.05) is 6.61 Å². The second-order valence-electron chi connectivity index (χ2n) is 9.83. The molecule has 0 spiro atoms. The Labute approximate surface area is 262 Å². The first-order chi connectivity index (χ1) is 21.4. The van der Waals surface area contributed by atoms with Gasteiger partial charge in [0.05, 0.1) is 16.7 Å². The van der Waals surface area contributed by atoms with Crippen LogP contribution in [0.4, 0.5) is 0 Å². The minimum absolute atomic E-state index is 0.242. The summed E-state index contributed by atoms with van der Waals surface area (Å²) >= 11 is 3.46. The average molecular weight is 659 g/mol. The molecule has 0 bridgehead atoms. The van der Waals surface area contributed by atoms with E-state index < -0.39 is 53.2 Å². The molecule has 9 nitrogen and oxygen atoms in total. The van der Waals surface area contributed by atoms with E-state index in [0.29, 0.717) is 11.1 Å². The maximum absolute atomic E-state index is 13.4. The number of esters is 3. The first kappa shape index (κ1) is 30.7. The van der Waals surface area contributed by atoms with Crippen LogP contribution in [-0.4, -0.2) is 59.8 Å². The van der Waals surface area contributed by atoms with Gasteiger partial charge in [-0.1, -0.05) is 88.7 Å². The lowest BCUT2D eigenvalue weighted by Gasteiger charge is -2.43. The number of amides is 1. The molecule has 1 saturated heterocycles. The molecule has 0 unspecified atom stereocenters. The van der Waals surface area contributed by atoms with E-state index in [0.717, 1.165) is 0 Å². The maximum Gasteiger partial charge on any atom is 0.338 e. The largest absolute Gasteiger partial charge is 0.459 e. The van der Waals surface area contributed by atoms with Gasteiger partial charge >= 0.3 is 17.9 Å². The van der Waals surface area contributed by atoms with Crippen LogP contribution >= 0.6 is 15.9 Å². The van der Waals surface area contributed by atoms with Gasteiger partial charge in [0.2, 0.25) is 0 Å². The number of halogens is 1. The highest BCUT2D eigenvalue weighted by Crippen LogP contribution is 2.31. The highest BCUT2D eigenvalue weighted by atomic mass is 79.9. The Kier molecular flexibility index (Phi) is 10.2. The van der Waals surface area contributed by atoms with Gasteiger partial charge in [0.1, 0.15) is 23.8 Å². The van der Waals surface area contributed by atoms with E-state index in [1.165, 1.54) is 0 Å². The minimum atomic E-state index is -1.30. The van der Waals surface area contributed by atoms with E-state index in [2.05, 4.69) is 21.2 Å². The fourth-order valence-electron chi connectivity index (χ4n) is 4.63. The Morgan fingerprint density at radius 1 is 0.591 bits per heavy atom. The molecule has 0 aliphatic carbocycles. The lowest BCUT2D eigenvalue weighted by Crippen LogP contribution is -2.65. The molecule has 5 atom stereocenters. The first-order valence-electron chi connectivity index (χ1n) is 13.8. The van der Waals surface area contributed by atoms with Crippen LogP contribution in [0.5, 0.6) is 0 Å². The van der Waals surface area contributed by atoms with Crippen molar-refractivity contribution in [1.29, 1.82) is 0 Å². The van der Waals surface area contributed by atoms with E-state index in [1.54, 1.807) is 121 Å². The topological polar surface area (TPSA) is 117 Å². The molecule has 0 aromatic heterocycles. The van der Waals surface area contributed by atoms with Crippen molar-refractivity contribution >= 4 is 39.7 Å². The third kappa shape index (κ3) is 7.58. The molecule has 0 radical (unpaired) electrons. The molecule has 0 saturated carbocycles. The SMILES string of the molecule is O=C(N[C@@H]1[C@@H](OC(=O)c2ccccc2)[C@H](OC(=O)c2ccccc2)[C@@H](COC(=O)c2ccccc2)O[C@@H]1Br)c1ccccc1. The molecule has 1 amide bonds. The van der Waals surface area contributed by atoms with E-state index in [-0.39, 0.29) is 17.7 Å². The number of rotatable bonds is 9. The molecule has 10 heteroatoms. The lowest BCUT2D eigenvalue weighted by molar-refractivity contribution is -0.172. The molecule has 4 aromatic rings. The van der Waals surface area contributed by atoms with Crippen molar-refractivity contribution in [3.8, 4) is 0 Å². The molecule has 1 heterocycles. The van der Waals surface area contributed by atoms with Gasteiger partial charge in [-0.05, 0) is 48.5 Å². The zero-order chi connectivity index (χ0) is 30.9. The highest BCUT2D eigenvalue weighted by molar-refractivity contribution is 9.09. The number of carbonyl (C=O) groups excluding carboxylic acids is 4. The van der Waals surface area contributed by atoms with E-state index in [4.69, 9.17) is 18.9 Å². The van der Waals surface area contributed by atoms with Crippen LogP contribution in [0, 0.1) is 0 Å². The monoisotopic (exact) mass is 657 g/mol. The predicted octanol–water partition coefficient (Wildman–Crippen LogP) is 5.21. The van der Waals surface area contributed by atoms with Gasteiger partial charge in [0, 0.05) is 5.56 Å². The maximum atomic E-state index is 13.4. The van der Waals surface area contributed by atoms with Crippen LogP contribution < -0.4 is 5.32 Å². The molecule has 1 fully saturated rings. The highest BCUT2D eigenvalue weighted by Gasteiger charge is 2.51. The van der Waals surface area contributed by atoms with Crippen molar-refractivity contribution in [1.82, 2.24) is 5.32 Å². The fourth-order valence-corrected chi connectivity index (χ4v) is 5.34. The number of hydrogen-bond acceptors (Lipinski definition) is 8. The summed E-state index contributed by atoms with van der Waals surface area (Å²) < 4.78 is 23.6. The van der Waals surface area contributed by atoms with Gasteiger partial charge in [0.25, 0.3) is 5.91 Å². The summed E-state index contributed by atoms with van der Waals surface area (Å²) in [7, 11) is 0. The summed E-state index contributed by atoms with van der Waals surface area (Å²) in [5, 5.41) is 1.92. The molecule has 1 N–H and O–H groups in total. The third-order valence-corrected chi connectivity index (χ3v) is 7.64. The summed E-state index contributed by atoms with van der Waals surface area (Å²) in [6.07, 6.45) is -3.64. The summed E-state index contributed by atoms with van der Waals surface area (Å²) in [5.74, 6) is -2.52. The van der Waals surface area contributed by atoms with E-state index >= 15 is 0 Å². The number of alkyl halides is 1. The quantitative estimate of drug-likeness (QED) is 0.148. The van der Waals surface area contributed by atoms with Crippen LogP contribution in [0.3, 0.4) is 0 Å². The van der Waals surface area contributed by atoms with Crippen LogP contribution in [0.1, 0.15) is 41.4 Å². The third-order valence-electron chi connectivity index (χ3n) is 6.86. The van der Waals surface area contributed by atoms with Gasteiger partial charge < -0.3 is 24.3 Å². The molecule has 1 aliphatic heterocycles. The predicted molar refractivity (Wildman–Crippen MR) is 163 cm³/mol. The average Bonchev–Trinajstić information content (AvgIpc) is 3.07. The van der Waals surface area contributed by atoms with Crippen molar-refractivity contribution < 1.29 is 38.1 Å². The minimum Gasteiger partial charge on any atom is -0.459 e. The van der Waals surface area contributed by atoms with Crippen LogP contribution in [0.25, 0.3) is 0 Å². The van der Waals surface area contributed by atoms with Crippen molar-refractivity contribution in [2.24, 2.45) is 0 Å². The van der Waals surface area contributed by atoms with Gasteiger partial charge in [-0.25, -0.2) is 14.4 Å². The molecule has 5 rings (SSSR count). The van der Waals surface area contributed by atoms with Gasteiger partial charge in [-0.3, -0.25) is 4.79 Å². The summed E-state index contributed by atoms with van der Waals surface area (Å²) in [4.78, 5) is 52.7. The van der Waals surface area contributed by atoms with Gasteiger partial charge in [0.15, 0.2) is 12.2 Å². The Morgan fingerprint density at radius 3 is 1.48 bits per heavy atom. The van der Waals surface area contributed by atoms with Crippen molar-refractivity contribution in [2.45, 2.75) is 29.4 Å². The molecule has 1 aliphatic rings. The molecule has 4 aromatic carbocycles. The van der Waals surface area contributed by atoms with Crippen LogP contribution in [0.15, 0.2) is 121 Å². The Hall–Kier alpha value is -4.80.